The number of hydrogen-bond acceptors (Lipinski definition) is 4. The highest BCUT2D eigenvalue weighted by molar-refractivity contribution is 6.05. The van der Waals surface area contributed by atoms with Gasteiger partial charge in [-0.2, -0.15) is 0 Å². The largest absolute Gasteiger partial charge is 0.395 e. The molecule has 0 saturated heterocycles. The molecule has 0 spiro atoms. The third-order valence-corrected chi connectivity index (χ3v) is 2.88. The number of anilines is 1. The second-order valence-corrected chi connectivity index (χ2v) is 4.57. The highest BCUT2D eigenvalue weighted by atomic mass is 16.5. The second-order valence-electron chi connectivity index (χ2n) is 4.57. The maximum absolute atomic E-state index is 12.2. The van der Waals surface area contributed by atoms with Gasteiger partial charge in [-0.25, -0.2) is 0 Å². The third kappa shape index (κ3) is 3.71. The van der Waals surface area contributed by atoms with Crippen LogP contribution in [-0.4, -0.2) is 22.8 Å². The molecule has 108 valence electrons. The highest BCUT2D eigenvalue weighted by Gasteiger charge is 2.14. The number of aryl methyl sites for hydroxylation is 2. The maximum Gasteiger partial charge on any atom is 0.260 e. The van der Waals surface area contributed by atoms with Gasteiger partial charge in [-0.05, 0) is 31.5 Å². The Morgan fingerprint density at radius 2 is 2.24 bits per heavy atom. The molecule has 0 saturated carbocycles. The van der Waals surface area contributed by atoms with E-state index >= 15 is 0 Å². The predicted molar refractivity (Wildman–Crippen MR) is 79.0 cm³/mol. The molecule has 0 bridgehead atoms. The Kier molecular flexibility index (Phi) is 4.75. The molecule has 0 unspecified atom stereocenters. The summed E-state index contributed by atoms with van der Waals surface area (Å²) in [7, 11) is 0. The summed E-state index contributed by atoms with van der Waals surface area (Å²) in [5, 5.41) is 15.2. The van der Waals surface area contributed by atoms with Crippen molar-refractivity contribution in [3.8, 4) is 11.8 Å². The highest BCUT2D eigenvalue weighted by Crippen LogP contribution is 2.18. The summed E-state index contributed by atoms with van der Waals surface area (Å²) in [6.45, 7) is 3.63. The van der Waals surface area contributed by atoms with Gasteiger partial charge in [0, 0.05) is 12.0 Å². The van der Waals surface area contributed by atoms with E-state index in [2.05, 4.69) is 22.3 Å². The minimum atomic E-state index is -0.287. The molecular formula is C16H16N2O3. The summed E-state index contributed by atoms with van der Waals surface area (Å²) in [5.74, 6) is 5.97. The molecule has 1 aromatic carbocycles. The van der Waals surface area contributed by atoms with E-state index in [0.717, 1.165) is 5.56 Å². The number of hydrogen-bond donors (Lipinski definition) is 2. The summed E-state index contributed by atoms with van der Waals surface area (Å²) in [6, 6.07) is 5.61. The molecular weight excluding hydrogens is 268 g/mol. The zero-order valence-electron chi connectivity index (χ0n) is 11.9. The second kappa shape index (κ2) is 6.73. The lowest BCUT2D eigenvalue weighted by Gasteiger charge is -2.08. The standard InChI is InChI=1S/C16H16N2O3/c1-11-6-7-13(5-3-4-8-19)15(9-11)18-16(20)14-10-17-21-12(14)2/h6-7,9-10,19H,4,8H2,1-2H3,(H,18,20). The van der Waals surface area contributed by atoms with Crippen LogP contribution >= 0.6 is 0 Å². The average Bonchev–Trinajstić information content (AvgIpc) is 2.88. The van der Waals surface area contributed by atoms with E-state index < -0.39 is 0 Å². The van der Waals surface area contributed by atoms with E-state index in [1.165, 1.54) is 6.20 Å². The number of benzene rings is 1. The van der Waals surface area contributed by atoms with Crippen LogP contribution in [0.15, 0.2) is 28.9 Å². The molecule has 2 N–H and O–H groups in total. The molecule has 0 aliphatic carbocycles. The summed E-state index contributed by atoms with van der Waals surface area (Å²) in [6.07, 6.45) is 1.78. The van der Waals surface area contributed by atoms with Gasteiger partial charge in [0.05, 0.1) is 18.5 Å². The van der Waals surface area contributed by atoms with Gasteiger partial charge in [-0.3, -0.25) is 4.79 Å². The Labute approximate surface area is 123 Å². The maximum atomic E-state index is 12.2. The van der Waals surface area contributed by atoms with E-state index in [-0.39, 0.29) is 12.5 Å². The fourth-order valence-corrected chi connectivity index (χ4v) is 1.79. The van der Waals surface area contributed by atoms with Crippen molar-refractivity contribution in [2.24, 2.45) is 0 Å². The van der Waals surface area contributed by atoms with Crippen LogP contribution < -0.4 is 5.32 Å². The molecule has 5 nitrogen and oxygen atoms in total. The molecule has 1 amide bonds. The molecule has 1 aromatic heterocycles. The van der Waals surface area contributed by atoms with Gasteiger partial charge in [-0.1, -0.05) is 23.1 Å². The molecule has 5 heteroatoms. The number of aliphatic hydroxyl groups is 1. The van der Waals surface area contributed by atoms with E-state index in [0.29, 0.717) is 29.0 Å². The quantitative estimate of drug-likeness (QED) is 0.848. The Morgan fingerprint density at radius 1 is 1.43 bits per heavy atom. The van der Waals surface area contributed by atoms with E-state index in [4.69, 9.17) is 9.63 Å². The van der Waals surface area contributed by atoms with Crippen molar-refractivity contribution in [2.45, 2.75) is 20.3 Å². The lowest BCUT2D eigenvalue weighted by atomic mass is 10.1. The van der Waals surface area contributed by atoms with Gasteiger partial charge >= 0.3 is 0 Å². The number of carbonyl (C=O) groups excluding carboxylic acids is 1. The first kappa shape index (κ1) is 14.8. The van der Waals surface area contributed by atoms with Gasteiger partial charge in [0.15, 0.2) is 0 Å². The van der Waals surface area contributed by atoms with Gasteiger partial charge < -0.3 is 14.9 Å². The number of nitrogens with zero attached hydrogens (tertiary/aromatic N) is 1. The Bertz CT molecular complexity index is 708. The van der Waals surface area contributed by atoms with Crippen LogP contribution in [0.3, 0.4) is 0 Å². The number of nitrogens with one attached hydrogen (secondary N) is 1. The smallest absolute Gasteiger partial charge is 0.260 e. The van der Waals surface area contributed by atoms with Gasteiger partial charge in [0.25, 0.3) is 5.91 Å². The van der Waals surface area contributed by atoms with Crippen LogP contribution in [0.2, 0.25) is 0 Å². The van der Waals surface area contributed by atoms with Crippen LogP contribution in [0, 0.1) is 25.7 Å². The normalized spacial score (nSPS) is 9.86. The lowest BCUT2D eigenvalue weighted by molar-refractivity contribution is 0.102. The summed E-state index contributed by atoms with van der Waals surface area (Å²) < 4.78 is 4.89. The minimum Gasteiger partial charge on any atom is -0.395 e. The molecule has 0 radical (unpaired) electrons. The molecule has 21 heavy (non-hydrogen) atoms. The monoisotopic (exact) mass is 284 g/mol. The van der Waals surface area contributed by atoms with Crippen molar-refractivity contribution >= 4 is 11.6 Å². The zero-order chi connectivity index (χ0) is 15.2. The molecule has 0 atom stereocenters. The first-order chi connectivity index (χ1) is 10.1. The number of rotatable bonds is 3. The third-order valence-electron chi connectivity index (χ3n) is 2.88. The first-order valence-corrected chi connectivity index (χ1v) is 6.55. The van der Waals surface area contributed by atoms with Crippen molar-refractivity contribution in [3.63, 3.8) is 0 Å². The fourth-order valence-electron chi connectivity index (χ4n) is 1.79. The Morgan fingerprint density at radius 3 is 2.90 bits per heavy atom. The summed E-state index contributed by atoms with van der Waals surface area (Å²) >= 11 is 0. The Balaban J connectivity index is 2.27. The van der Waals surface area contributed by atoms with Crippen LogP contribution in [0.5, 0.6) is 0 Å². The van der Waals surface area contributed by atoms with Crippen molar-refractivity contribution in [1.82, 2.24) is 5.16 Å². The van der Waals surface area contributed by atoms with E-state index in [1.807, 2.05) is 25.1 Å². The first-order valence-electron chi connectivity index (χ1n) is 6.55. The van der Waals surface area contributed by atoms with Crippen molar-refractivity contribution in [3.05, 3.63) is 46.8 Å². The Hall–Kier alpha value is -2.58. The van der Waals surface area contributed by atoms with Crippen LogP contribution in [0.1, 0.15) is 33.7 Å². The van der Waals surface area contributed by atoms with E-state index in [1.54, 1.807) is 6.92 Å². The average molecular weight is 284 g/mol. The SMILES string of the molecule is Cc1ccc(C#CCCO)c(NC(=O)c2cnoc2C)c1. The molecule has 0 aliphatic heterocycles. The molecule has 2 rings (SSSR count). The summed E-state index contributed by atoms with van der Waals surface area (Å²) in [4.78, 5) is 12.2. The van der Waals surface area contributed by atoms with E-state index in [9.17, 15) is 4.79 Å². The van der Waals surface area contributed by atoms with Gasteiger partial charge in [-0.15, -0.1) is 0 Å². The minimum absolute atomic E-state index is 0.0143. The van der Waals surface area contributed by atoms with Gasteiger partial charge in [0.1, 0.15) is 11.3 Å². The van der Waals surface area contributed by atoms with Crippen molar-refractivity contribution < 1.29 is 14.4 Å². The van der Waals surface area contributed by atoms with Crippen molar-refractivity contribution in [1.29, 1.82) is 0 Å². The summed E-state index contributed by atoms with van der Waals surface area (Å²) in [5.41, 5.74) is 2.74. The zero-order valence-corrected chi connectivity index (χ0v) is 11.9. The molecule has 0 aliphatic rings. The number of carbonyl (C=O) groups is 1. The topological polar surface area (TPSA) is 75.4 Å². The number of amides is 1. The number of aliphatic hydroxyl groups excluding tert-OH is 1. The van der Waals surface area contributed by atoms with Crippen molar-refractivity contribution in [2.75, 3.05) is 11.9 Å². The fraction of sp³-hybridized carbons (Fsp3) is 0.250. The molecule has 2 aromatic rings. The predicted octanol–water partition coefficient (Wildman–Crippen LogP) is 2.28. The van der Waals surface area contributed by atoms with Gasteiger partial charge in [0.2, 0.25) is 0 Å². The molecule has 0 fully saturated rings. The van der Waals surface area contributed by atoms with Crippen LogP contribution in [-0.2, 0) is 0 Å². The van der Waals surface area contributed by atoms with Crippen LogP contribution in [0.25, 0.3) is 0 Å². The number of aromatic nitrogens is 1. The molecule has 1 heterocycles. The lowest BCUT2D eigenvalue weighted by Crippen LogP contribution is -2.13. The van der Waals surface area contributed by atoms with Crippen LogP contribution in [0.4, 0.5) is 5.69 Å².